The van der Waals surface area contributed by atoms with Crippen LogP contribution in [0.5, 0.6) is 0 Å². The molecule has 6 nitrogen and oxygen atoms in total. The summed E-state index contributed by atoms with van der Waals surface area (Å²) in [6.45, 7) is 5.19. The van der Waals surface area contributed by atoms with Crippen LogP contribution in [0.15, 0.2) is 12.3 Å². The van der Waals surface area contributed by atoms with Gasteiger partial charge in [0.25, 0.3) is 0 Å². The van der Waals surface area contributed by atoms with Gasteiger partial charge in [0, 0.05) is 26.2 Å². The Morgan fingerprint density at radius 2 is 2.05 bits per heavy atom. The summed E-state index contributed by atoms with van der Waals surface area (Å²) in [5, 5.41) is 26.0. The van der Waals surface area contributed by atoms with Crippen molar-refractivity contribution in [3.8, 4) is 12.1 Å². The minimum Gasteiger partial charge on any atom is -0.351 e. The number of nitrogens with zero attached hydrogens (tertiary/aromatic N) is 6. The van der Waals surface area contributed by atoms with Gasteiger partial charge in [-0.25, -0.2) is 0 Å². The molecule has 1 atom stereocenters. The van der Waals surface area contributed by atoms with Gasteiger partial charge in [-0.15, -0.1) is 5.10 Å². The molecule has 0 amide bonds. The first-order chi connectivity index (χ1) is 9.30. The van der Waals surface area contributed by atoms with Gasteiger partial charge in [0.2, 0.25) is 0 Å². The molecule has 98 valence electrons. The topological polar surface area (TPSA) is 79.8 Å². The Balaban J connectivity index is 2.05. The monoisotopic (exact) mass is 256 g/mol. The summed E-state index contributed by atoms with van der Waals surface area (Å²) in [5.41, 5.74) is 0.552. The zero-order valence-electron chi connectivity index (χ0n) is 11.0. The van der Waals surface area contributed by atoms with Gasteiger partial charge in [-0.1, -0.05) is 6.92 Å². The molecule has 0 spiro atoms. The summed E-state index contributed by atoms with van der Waals surface area (Å²) in [6, 6.07) is 6.13. The van der Waals surface area contributed by atoms with Gasteiger partial charge in [-0.3, -0.25) is 4.90 Å². The molecule has 1 fully saturated rings. The normalized spacial score (nSPS) is 17.5. The Morgan fingerprint density at radius 3 is 2.63 bits per heavy atom. The number of hydrogen-bond acceptors (Lipinski definition) is 6. The zero-order valence-corrected chi connectivity index (χ0v) is 11.0. The molecule has 0 saturated carbocycles. The molecule has 0 aromatic carbocycles. The molecule has 1 unspecified atom stereocenters. The van der Waals surface area contributed by atoms with Crippen LogP contribution in [0.3, 0.4) is 0 Å². The highest BCUT2D eigenvalue weighted by molar-refractivity contribution is 5.52. The standard InChI is InChI=1S/C13H16N6/c1-2-12(10-15)18-5-7-19(8-6-18)13-11(9-14)3-4-16-17-13/h3-4,12H,2,5-8H2,1H3. The van der Waals surface area contributed by atoms with Gasteiger partial charge in [0.15, 0.2) is 5.82 Å². The third-order valence-electron chi connectivity index (χ3n) is 3.41. The highest BCUT2D eigenvalue weighted by atomic mass is 15.3. The van der Waals surface area contributed by atoms with Gasteiger partial charge < -0.3 is 4.90 Å². The highest BCUT2D eigenvalue weighted by Gasteiger charge is 2.24. The minimum absolute atomic E-state index is 0.0144. The zero-order chi connectivity index (χ0) is 13.7. The van der Waals surface area contributed by atoms with E-state index in [0.29, 0.717) is 11.4 Å². The average Bonchev–Trinajstić information content (AvgIpc) is 2.49. The van der Waals surface area contributed by atoms with Crippen LogP contribution >= 0.6 is 0 Å². The summed E-state index contributed by atoms with van der Waals surface area (Å²) < 4.78 is 0. The number of anilines is 1. The van der Waals surface area contributed by atoms with E-state index in [1.54, 1.807) is 6.07 Å². The van der Waals surface area contributed by atoms with Gasteiger partial charge in [0.05, 0.1) is 23.9 Å². The van der Waals surface area contributed by atoms with Crippen molar-refractivity contribution in [2.45, 2.75) is 19.4 Å². The largest absolute Gasteiger partial charge is 0.351 e. The molecule has 1 saturated heterocycles. The molecule has 6 heteroatoms. The van der Waals surface area contributed by atoms with Crippen molar-refractivity contribution in [2.75, 3.05) is 31.1 Å². The van der Waals surface area contributed by atoms with E-state index in [0.717, 1.165) is 32.6 Å². The molecule has 2 rings (SSSR count). The van der Waals surface area contributed by atoms with Crippen LogP contribution in [0.4, 0.5) is 5.82 Å². The van der Waals surface area contributed by atoms with Gasteiger partial charge in [-0.05, 0) is 12.5 Å². The van der Waals surface area contributed by atoms with Crippen LogP contribution < -0.4 is 4.90 Å². The van der Waals surface area contributed by atoms with Crippen molar-refractivity contribution < 1.29 is 0 Å². The van der Waals surface area contributed by atoms with Crippen LogP contribution in [0.1, 0.15) is 18.9 Å². The van der Waals surface area contributed by atoms with E-state index in [4.69, 9.17) is 10.5 Å². The molecule has 0 aliphatic carbocycles. The highest BCUT2D eigenvalue weighted by Crippen LogP contribution is 2.18. The fraction of sp³-hybridized carbons (Fsp3) is 0.538. The molecule has 1 aromatic heterocycles. The number of nitriles is 2. The smallest absolute Gasteiger partial charge is 0.169 e. The van der Waals surface area contributed by atoms with Crippen molar-refractivity contribution in [3.63, 3.8) is 0 Å². The van der Waals surface area contributed by atoms with Crippen molar-refractivity contribution in [1.82, 2.24) is 15.1 Å². The summed E-state index contributed by atoms with van der Waals surface area (Å²) in [5.74, 6) is 0.648. The lowest BCUT2D eigenvalue weighted by Crippen LogP contribution is -2.50. The maximum atomic E-state index is 9.07. The Hall–Kier alpha value is -2.18. The van der Waals surface area contributed by atoms with Gasteiger partial charge >= 0.3 is 0 Å². The Labute approximate surface area is 112 Å². The van der Waals surface area contributed by atoms with Crippen LogP contribution in [0.25, 0.3) is 0 Å². The first kappa shape index (κ1) is 13.3. The predicted octanol–water partition coefficient (Wildman–Crippen LogP) is 0.772. The Bertz CT molecular complexity index is 507. The second-order valence-corrected chi connectivity index (χ2v) is 4.46. The fourth-order valence-corrected chi connectivity index (χ4v) is 2.32. The quantitative estimate of drug-likeness (QED) is 0.794. The summed E-state index contributed by atoms with van der Waals surface area (Å²) >= 11 is 0. The maximum Gasteiger partial charge on any atom is 0.169 e. The lowest BCUT2D eigenvalue weighted by molar-refractivity contribution is 0.216. The molecule has 1 aliphatic heterocycles. The van der Waals surface area contributed by atoms with Crippen molar-refractivity contribution >= 4 is 5.82 Å². The first-order valence-corrected chi connectivity index (χ1v) is 6.40. The SMILES string of the molecule is CCC(C#N)N1CCN(c2nnccc2C#N)CC1. The number of piperazine rings is 1. The third kappa shape index (κ3) is 2.81. The van der Waals surface area contributed by atoms with Crippen LogP contribution in [-0.4, -0.2) is 47.3 Å². The molecule has 1 aliphatic rings. The molecule has 19 heavy (non-hydrogen) atoms. The lowest BCUT2D eigenvalue weighted by Gasteiger charge is -2.37. The summed E-state index contributed by atoms with van der Waals surface area (Å²) in [4.78, 5) is 4.24. The van der Waals surface area contributed by atoms with Crippen LogP contribution in [-0.2, 0) is 0 Å². The molecule has 0 N–H and O–H groups in total. The van der Waals surface area contributed by atoms with Crippen LogP contribution in [0, 0.1) is 22.7 Å². The Morgan fingerprint density at radius 1 is 1.32 bits per heavy atom. The molecule has 1 aromatic rings. The van der Waals surface area contributed by atoms with E-state index in [9.17, 15) is 0 Å². The number of hydrogen-bond donors (Lipinski definition) is 0. The molecule has 2 heterocycles. The second-order valence-electron chi connectivity index (χ2n) is 4.46. The molecule has 0 bridgehead atoms. The third-order valence-corrected chi connectivity index (χ3v) is 3.41. The molecular formula is C13H16N6. The van der Waals surface area contributed by atoms with E-state index in [1.165, 1.54) is 6.20 Å². The van der Waals surface area contributed by atoms with E-state index >= 15 is 0 Å². The van der Waals surface area contributed by atoms with Gasteiger partial charge in [-0.2, -0.15) is 15.6 Å². The van der Waals surface area contributed by atoms with Crippen LogP contribution in [0.2, 0.25) is 0 Å². The molecule has 0 radical (unpaired) electrons. The average molecular weight is 256 g/mol. The van der Waals surface area contributed by atoms with E-state index in [2.05, 4.69) is 32.1 Å². The summed E-state index contributed by atoms with van der Waals surface area (Å²) in [7, 11) is 0. The number of aromatic nitrogens is 2. The Kier molecular flexibility index (Phi) is 4.27. The fourth-order valence-electron chi connectivity index (χ4n) is 2.32. The first-order valence-electron chi connectivity index (χ1n) is 6.40. The summed E-state index contributed by atoms with van der Waals surface area (Å²) in [6.07, 6.45) is 2.37. The van der Waals surface area contributed by atoms with Crippen molar-refractivity contribution in [3.05, 3.63) is 17.8 Å². The lowest BCUT2D eigenvalue weighted by atomic mass is 10.1. The van der Waals surface area contributed by atoms with E-state index in [-0.39, 0.29) is 6.04 Å². The van der Waals surface area contributed by atoms with E-state index < -0.39 is 0 Å². The number of rotatable bonds is 3. The van der Waals surface area contributed by atoms with E-state index in [1.807, 2.05) is 6.92 Å². The predicted molar refractivity (Wildman–Crippen MR) is 70.2 cm³/mol. The minimum atomic E-state index is -0.0144. The maximum absolute atomic E-state index is 9.07. The van der Waals surface area contributed by atoms with Gasteiger partial charge in [0.1, 0.15) is 6.07 Å². The molecular weight excluding hydrogens is 240 g/mol. The van der Waals surface area contributed by atoms with Crippen molar-refractivity contribution in [1.29, 1.82) is 10.5 Å². The van der Waals surface area contributed by atoms with Crippen molar-refractivity contribution in [2.24, 2.45) is 0 Å². The second kappa shape index (κ2) is 6.12.